The number of aryl methyl sites for hydroxylation is 1. The summed E-state index contributed by atoms with van der Waals surface area (Å²) >= 11 is 0. The molecule has 1 fully saturated rings. The number of anilines is 1. The van der Waals surface area contributed by atoms with Gasteiger partial charge in [0.1, 0.15) is 5.82 Å². The number of aromatic nitrogens is 2. The molecule has 3 rings (SSSR count). The Kier molecular flexibility index (Phi) is 4.68. The highest BCUT2D eigenvalue weighted by molar-refractivity contribution is 5.75. The summed E-state index contributed by atoms with van der Waals surface area (Å²) in [6, 6.07) is 8.38. The Morgan fingerprint density at radius 2 is 2.00 bits per heavy atom. The molecule has 4 nitrogen and oxygen atoms in total. The molecule has 22 heavy (non-hydrogen) atoms. The van der Waals surface area contributed by atoms with Gasteiger partial charge in [0, 0.05) is 24.6 Å². The summed E-state index contributed by atoms with van der Waals surface area (Å²) in [6.45, 7) is 3.45. The molecule has 0 amide bonds. The molecule has 0 bridgehead atoms. The van der Waals surface area contributed by atoms with E-state index >= 15 is 0 Å². The minimum atomic E-state index is 0.520. The molecule has 3 N–H and O–H groups in total. The van der Waals surface area contributed by atoms with Crippen LogP contribution in [0.5, 0.6) is 0 Å². The fraction of sp³-hybridized carbons (Fsp3) is 0.444. The summed E-state index contributed by atoms with van der Waals surface area (Å²) < 4.78 is 0. The first-order valence-electron chi connectivity index (χ1n) is 8.16. The molecule has 1 saturated carbocycles. The Bertz CT molecular complexity index is 633. The maximum absolute atomic E-state index is 5.62. The standard InChI is InChI=1S/C18H24N4/c1-13-6-2-5-9-15(13)17-16(20-11-10-19)12-21-18(22-17)14-7-3-4-8-14/h2,5-6,9,12,14,20H,3-4,7-8,10-11,19H2,1H3. The molecule has 0 radical (unpaired) electrons. The van der Waals surface area contributed by atoms with Gasteiger partial charge in [-0.2, -0.15) is 0 Å². The van der Waals surface area contributed by atoms with Gasteiger partial charge in [-0.05, 0) is 25.3 Å². The molecule has 116 valence electrons. The van der Waals surface area contributed by atoms with Crippen LogP contribution in [0.1, 0.15) is 43.0 Å². The third kappa shape index (κ3) is 3.12. The molecule has 2 aromatic rings. The van der Waals surface area contributed by atoms with Crippen LogP contribution < -0.4 is 11.1 Å². The SMILES string of the molecule is Cc1ccccc1-c1nc(C2CCCC2)ncc1NCCN. The van der Waals surface area contributed by atoms with E-state index in [4.69, 9.17) is 10.7 Å². The maximum Gasteiger partial charge on any atom is 0.132 e. The predicted molar refractivity (Wildman–Crippen MR) is 91.0 cm³/mol. The second-order valence-corrected chi connectivity index (χ2v) is 6.00. The van der Waals surface area contributed by atoms with E-state index < -0.39 is 0 Å². The number of nitrogens with zero attached hydrogens (tertiary/aromatic N) is 2. The van der Waals surface area contributed by atoms with Gasteiger partial charge in [0.15, 0.2) is 0 Å². The van der Waals surface area contributed by atoms with Crippen LogP contribution in [0.2, 0.25) is 0 Å². The lowest BCUT2D eigenvalue weighted by Gasteiger charge is -2.15. The monoisotopic (exact) mass is 296 g/mol. The molecule has 1 aliphatic rings. The van der Waals surface area contributed by atoms with Gasteiger partial charge in [0.25, 0.3) is 0 Å². The minimum Gasteiger partial charge on any atom is -0.381 e. The quantitative estimate of drug-likeness (QED) is 0.886. The van der Waals surface area contributed by atoms with Crippen molar-refractivity contribution >= 4 is 5.69 Å². The van der Waals surface area contributed by atoms with Crippen molar-refractivity contribution in [3.63, 3.8) is 0 Å². The molecule has 1 aliphatic carbocycles. The summed E-state index contributed by atoms with van der Waals surface area (Å²) in [7, 11) is 0. The van der Waals surface area contributed by atoms with E-state index in [0.29, 0.717) is 12.5 Å². The zero-order chi connectivity index (χ0) is 15.4. The van der Waals surface area contributed by atoms with Crippen molar-refractivity contribution < 1.29 is 0 Å². The molecular formula is C18H24N4. The van der Waals surface area contributed by atoms with Crippen molar-refractivity contribution in [2.75, 3.05) is 18.4 Å². The lowest BCUT2D eigenvalue weighted by Crippen LogP contribution is -2.15. The average Bonchev–Trinajstić information content (AvgIpc) is 3.08. The number of hydrogen-bond acceptors (Lipinski definition) is 4. The molecule has 0 atom stereocenters. The number of hydrogen-bond donors (Lipinski definition) is 2. The maximum atomic E-state index is 5.62. The number of benzene rings is 1. The average molecular weight is 296 g/mol. The van der Waals surface area contributed by atoms with Crippen LogP contribution >= 0.6 is 0 Å². The van der Waals surface area contributed by atoms with Crippen LogP contribution in [0, 0.1) is 6.92 Å². The second-order valence-electron chi connectivity index (χ2n) is 6.00. The molecule has 0 saturated heterocycles. The topological polar surface area (TPSA) is 63.8 Å². The van der Waals surface area contributed by atoms with Gasteiger partial charge in [0.2, 0.25) is 0 Å². The predicted octanol–water partition coefficient (Wildman–Crippen LogP) is 3.48. The zero-order valence-corrected chi connectivity index (χ0v) is 13.2. The van der Waals surface area contributed by atoms with E-state index in [1.54, 1.807) is 0 Å². The number of nitrogens with one attached hydrogen (secondary N) is 1. The highest BCUT2D eigenvalue weighted by atomic mass is 15.0. The smallest absolute Gasteiger partial charge is 0.132 e. The molecule has 1 aromatic heterocycles. The van der Waals surface area contributed by atoms with Crippen LogP contribution in [0.3, 0.4) is 0 Å². The third-order valence-electron chi connectivity index (χ3n) is 4.39. The largest absolute Gasteiger partial charge is 0.381 e. The number of rotatable bonds is 5. The van der Waals surface area contributed by atoms with Crippen LogP contribution in [-0.4, -0.2) is 23.1 Å². The van der Waals surface area contributed by atoms with Gasteiger partial charge in [-0.25, -0.2) is 9.97 Å². The molecule has 4 heteroatoms. The van der Waals surface area contributed by atoms with E-state index in [-0.39, 0.29) is 0 Å². The molecule has 1 aromatic carbocycles. The van der Waals surface area contributed by atoms with E-state index in [0.717, 1.165) is 23.8 Å². The van der Waals surface area contributed by atoms with E-state index in [2.05, 4.69) is 41.5 Å². The highest BCUT2D eigenvalue weighted by Gasteiger charge is 2.21. The van der Waals surface area contributed by atoms with Gasteiger partial charge in [-0.15, -0.1) is 0 Å². The van der Waals surface area contributed by atoms with Crippen LogP contribution in [0.25, 0.3) is 11.3 Å². The third-order valence-corrected chi connectivity index (χ3v) is 4.39. The molecule has 0 unspecified atom stereocenters. The lowest BCUT2D eigenvalue weighted by atomic mass is 10.0. The Labute approximate surface area is 132 Å². The van der Waals surface area contributed by atoms with Crippen LogP contribution in [0.15, 0.2) is 30.5 Å². The van der Waals surface area contributed by atoms with Gasteiger partial charge >= 0.3 is 0 Å². The van der Waals surface area contributed by atoms with E-state index in [9.17, 15) is 0 Å². The van der Waals surface area contributed by atoms with Crippen molar-refractivity contribution in [3.05, 3.63) is 41.9 Å². The van der Waals surface area contributed by atoms with Gasteiger partial charge in [-0.3, -0.25) is 0 Å². The molecule has 0 spiro atoms. The highest BCUT2D eigenvalue weighted by Crippen LogP contribution is 2.35. The summed E-state index contributed by atoms with van der Waals surface area (Å²) in [5, 5.41) is 3.36. The molecule has 0 aliphatic heterocycles. The van der Waals surface area contributed by atoms with Gasteiger partial charge in [-0.1, -0.05) is 37.1 Å². The van der Waals surface area contributed by atoms with Crippen molar-refractivity contribution in [2.45, 2.75) is 38.5 Å². The van der Waals surface area contributed by atoms with E-state index in [1.807, 2.05) is 6.20 Å². The Balaban J connectivity index is 2.02. The first-order valence-corrected chi connectivity index (χ1v) is 8.16. The minimum absolute atomic E-state index is 0.520. The van der Waals surface area contributed by atoms with E-state index in [1.165, 1.54) is 36.8 Å². The Hall–Kier alpha value is -1.94. The van der Waals surface area contributed by atoms with Crippen molar-refractivity contribution in [1.29, 1.82) is 0 Å². The molecular weight excluding hydrogens is 272 g/mol. The summed E-state index contributed by atoms with van der Waals surface area (Å²) in [4.78, 5) is 9.54. The summed E-state index contributed by atoms with van der Waals surface area (Å²) in [6.07, 6.45) is 6.94. The van der Waals surface area contributed by atoms with Crippen LogP contribution in [0.4, 0.5) is 5.69 Å². The van der Waals surface area contributed by atoms with Gasteiger partial charge < -0.3 is 11.1 Å². The summed E-state index contributed by atoms with van der Waals surface area (Å²) in [5.41, 5.74) is 10.00. The fourth-order valence-electron chi connectivity index (χ4n) is 3.16. The van der Waals surface area contributed by atoms with Crippen molar-refractivity contribution in [3.8, 4) is 11.3 Å². The Morgan fingerprint density at radius 3 is 2.73 bits per heavy atom. The van der Waals surface area contributed by atoms with Crippen molar-refractivity contribution in [2.24, 2.45) is 5.73 Å². The van der Waals surface area contributed by atoms with Crippen molar-refractivity contribution in [1.82, 2.24) is 9.97 Å². The first kappa shape index (κ1) is 15.0. The van der Waals surface area contributed by atoms with Crippen LogP contribution in [-0.2, 0) is 0 Å². The molecule has 1 heterocycles. The summed E-state index contributed by atoms with van der Waals surface area (Å²) in [5.74, 6) is 1.51. The second kappa shape index (κ2) is 6.88. The fourth-order valence-corrected chi connectivity index (χ4v) is 3.16. The normalized spacial score (nSPS) is 15.2. The first-order chi connectivity index (χ1) is 10.8. The lowest BCUT2D eigenvalue weighted by molar-refractivity contribution is 0.669. The zero-order valence-electron chi connectivity index (χ0n) is 13.2. The number of nitrogens with two attached hydrogens (primary N) is 1. The van der Waals surface area contributed by atoms with Gasteiger partial charge in [0.05, 0.1) is 17.6 Å². The Morgan fingerprint density at radius 1 is 1.23 bits per heavy atom.